The van der Waals surface area contributed by atoms with Gasteiger partial charge in [0, 0.05) is 11.3 Å². The van der Waals surface area contributed by atoms with Crippen molar-refractivity contribution in [2.75, 3.05) is 4.90 Å². The molecule has 1 unspecified atom stereocenters. The average molecular weight is 331 g/mol. The standard InChI is InChI=1S/C18H15F2NO3/c19-14-5-3-6-15(20)13(14)10-17(22)21-12(9-18(23)24)8-11-4-1-2-7-16(11)21/h1-7,12H,8-10H2,(H,23,24). The summed E-state index contributed by atoms with van der Waals surface area (Å²) in [6.07, 6.45) is -0.267. The van der Waals surface area contributed by atoms with Gasteiger partial charge in [-0.1, -0.05) is 24.3 Å². The molecule has 24 heavy (non-hydrogen) atoms. The summed E-state index contributed by atoms with van der Waals surface area (Å²) in [7, 11) is 0. The molecule has 0 aromatic heterocycles. The first-order valence-electron chi connectivity index (χ1n) is 7.52. The van der Waals surface area contributed by atoms with Crippen LogP contribution in [0.4, 0.5) is 14.5 Å². The number of aliphatic carboxylic acids is 1. The smallest absolute Gasteiger partial charge is 0.305 e. The van der Waals surface area contributed by atoms with Crippen molar-refractivity contribution in [1.82, 2.24) is 0 Å². The van der Waals surface area contributed by atoms with Crippen molar-refractivity contribution >= 4 is 17.6 Å². The molecule has 0 saturated heterocycles. The van der Waals surface area contributed by atoms with E-state index in [1.165, 1.54) is 11.0 Å². The molecule has 1 N–H and O–H groups in total. The number of hydrogen-bond donors (Lipinski definition) is 1. The van der Waals surface area contributed by atoms with Gasteiger partial charge >= 0.3 is 5.97 Å². The Bertz CT molecular complexity index is 786. The van der Waals surface area contributed by atoms with Crippen LogP contribution < -0.4 is 4.90 Å². The summed E-state index contributed by atoms with van der Waals surface area (Å²) >= 11 is 0. The number of nitrogens with zero attached hydrogens (tertiary/aromatic N) is 1. The van der Waals surface area contributed by atoms with E-state index in [0.717, 1.165) is 17.7 Å². The highest BCUT2D eigenvalue weighted by Gasteiger charge is 2.35. The van der Waals surface area contributed by atoms with Gasteiger partial charge in [0.2, 0.25) is 5.91 Å². The molecule has 4 nitrogen and oxygen atoms in total. The summed E-state index contributed by atoms with van der Waals surface area (Å²) in [5, 5.41) is 9.07. The molecule has 1 atom stereocenters. The van der Waals surface area contributed by atoms with E-state index >= 15 is 0 Å². The normalized spacial score (nSPS) is 16.1. The predicted octanol–water partition coefficient (Wildman–Crippen LogP) is 2.94. The van der Waals surface area contributed by atoms with Gasteiger partial charge in [-0.3, -0.25) is 9.59 Å². The predicted molar refractivity (Wildman–Crippen MR) is 83.7 cm³/mol. The quantitative estimate of drug-likeness (QED) is 0.937. The lowest BCUT2D eigenvalue weighted by molar-refractivity contribution is -0.137. The molecule has 0 radical (unpaired) electrons. The Balaban J connectivity index is 1.92. The molecule has 0 spiro atoms. The molecule has 1 heterocycles. The number of para-hydroxylation sites is 1. The molecular formula is C18H15F2NO3. The summed E-state index contributed by atoms with van der Waals surface area (Å²) in [5.41, 5.74) is 1.15. The first-order valence-corrected chi connectivity index (χ1v) is 7.52. The van der Waals surface area contributed by atoms with Crippen LogP contribution in [-0.4, -0.2) is 23.0 Å². The molecule has 1 amide bonds. The Kier molecular flexibility index (Phi) is 4.29. The van der Waals surface area contributed by atoms with Crippen LogP contribution in [-0.2, 0) is 22.4 Å². The lowest BCUT2D eigenvalue weighted by Crippen LogP contribution is -2.40. The fraction of sp³-hybridized carbons (Fsp3) is 0.222. The van der Waals surface area contributed by atoms with Gasteiger partial charge in [0.05, 0.1) is 18.9 Å². The number of carboxylic acid groups (broad SMARTS) is 1. The van der Waals surface area contributed by atoms with Gasteiger partial charge in [0.1, 0.15) is 11.6 Å². The number of carboxylic acids is 1. The van der Waals surface area contributed by atoms with E-state index in [2.05, 4.69) is 0 Å². The number of carbonyl (C=O) groups is 2. The van der Waals surface area contributed by atoms with E-state index in [-0.39, 0.29) is 12.0 Å². The Labute approximate surface area is 137 Å². The maximum Gasteiger partial charge on any atom is 0.305 e. The highest BCUT2D eigenvalue weighted by atomic mass is 19.1. The maximum atomic E-state index is 13.8. The summed E-state index contributed by atoms with van der Waals surface area (Å²) in [6, 6.07) is 9.96. The van der Waals surface area contributed by atoms with Gasteiger partial charge in [0.15, 0.2) is 0 Å². The largest absolute Gasteiger partial charge is 0.481 e. The van der Waals surface area contributed by atoms with Gasteiger partial charge in [-0.2, -0.15) is 0 Å². The molecule has 0 fully saturated rings. The molecule has 3 rings (SSSR count). The third-order valence-corrected chi connectivity index (χ3v) is 4.14. The van der Waals surface area contributed by atoms with E-state index in [1.54, 1.807) is 18.2 Å². The van der Waals surface area contributed by atoms with Crippen LogP contribution in [0.3, 0.4) is 0 Å². The number of benzene rings is 2. The number of halogens is 2. The van der Waals surface area contributed by atoms with E-state index in [1.807, 2.05) is 6.07 Å². The minimum Gasteiger partial charge on any atom is -0.481 e. The topological polar surface area (TPSA) is 57.6 Å². The molecular weight excluding hydrogens is 316 g/mol. The fourth-order valence-corrected chi connectivity index (χ4v) is 3.10. The monoisotopic (exact) mass is 331 g/mol. The molecule has 0 aliphatic carbocycles. The molecule has 0 bridgehead atoms. The number of amides is 1. The minimum atomic E-state index is -1.03. The molecule has 6 heteroatoms. The Morgan fingerprint density at radius 2 is 1.75 bits per heavy atom. The summed E-state index contributed by atoms with van der Waals surface area (Å²) in [4.78, 5) is 25.1. The second-order valence-electron chi connectivity index (χ2n) is 5.73. The van der Waals surface area contributed by atoms with Crippen molar-refractivity contribution in [1.29, 1.82) is 0 Å². The van der Waals surface area contributed by atoms with E-state index in [0.29, 0.717) is 12.1 Å². The number of rotatable bonds is 4. The van der Waals surface area contributed by atoms with Crippen molar-refractivity contribution in [3.8, 4) is 0 Å². The van der Waals surface area contributed by atoms with Crippen molar-refractivity contribution in [2.24, 2.45) is 0 Å². The minimum absolute atomic E-state index is 0.222. The highest BCUT2D eigenvalue weighted by Crippen LogP contribution is 2.34. The second kappa shape index (κ2) is 6.39. The molecule has 2 aromatic rings. The number of hydrogen-bond acceptors (Lipinski definition) is 2. The van der Waals surface area contributed by atoms with Crippen LogP contribution in [0.5, 0.6) is 0 Å². The van der Waals surface area contributed by atoms with Crippen LogP contribution in [0.2, 0.25) is 0 Å². The van der Waals surface area contributed by atoms with Crippen LogP contribution in [0.25, 0.3) is 0 Å². The maximum absolute atomic E-state index is 13.8. The first kappa shape index (κ1) is 16.1. The van der Waals surface area contributed by atoms with Crippen LogP contribution in [0.15, 0.2) is 42.5 Å². The molecule has 1 aliphatic heterocycles. The van der Waals surface area contributed by atoms with Gasteiger partial charge < -0.3 is 10.0 Å². The summed E-state index contributed by atoms with van der Waals surface area (Å²) < 4.78 is 27.6. The molecule has 0 saturated carbocycles. The van der Waals surface area contributed by atoms with Crippen LogP contribution in [0.1, 0.15) is 17.5 Å². The van der Waals surface area contributed by atoms with Gasteiger partial charge in [0.25, 0.3) is 0 Å². The number of anilines is 1. The Morgan fingerprint density at radius 3 is 2.42 bits per heavy atom. The third-order valence-electron chi connectivity index (χ3n) is 4.14. The fourth-order valence-electron chi connectivity index (χ4n) is 3.10. The van der Waals surface area contributed by atoms with Crippen LogP contribution in [0, 0.1) is 11.6 Å². The summed E-state index contributed by atoms with van der Waals surface area (Å²) in [5.74, 6) is -3.12. The van der Waals surface area contributed by atoms with Gasteiger partial charge in [-0.05, 0) is 30.2 Å². The van der Waals surface area contributed by atoms with Crippen molar-refractivity contribution in [3.63, 3.8) is 0 Å². The zero-order valence-electron chi connectivity index (χ0n) is 12.7. The van der Waals surface area contributed by atoms with Gasteiger partial charge in [-0.25, -0.2) is 8.78 Å². The SMILES string of the molecule is O=C(O)CC1Cc2ccccc2N1C(=O)Cc1c(F)cccc1F. The lowest BCUT2D eigenvalue weighted by atomic mass is 10.1. The molecule has 1 aliphatic rings. The highest BCUT2D eigenvalue weighted by molar-refractivity contribution is 5.98. The van der Waals surface area contributed by atoms with Crippen LogP contribution >= 0.6 is 0 Å². The summed E-state index contributed by atoms with van der Waals surface area (Å²) in [6.45, 7) is 0. The third kappa shape index (κ3) is 2.99. The van der Waals surface area contributed by atoms with E-state index in [9.17, 15) is 18.4 Å². The van der Waals surface area contributed by atoms with Gasteiger partial charge in [-0.15, -0.1) is 0 Å². The second-order valence-corrected chi connectivity index (χ2v) is 5.73. The van der Waals surface area contributed by atoms with E-state index in [4.69, 9.17) is 5.11 Å². The zero-order chi connectivity index (χ0) is 17.3. The van der Waals surface area contributed by atoms with Crippen molar-refractivity contribution in [3.05, 3.63) is 65.2 Å². The molecule has 2 aromatic carbocycles. The van der Waals surface area contributed by atoms with Crippen molar-refractivity contribution < 1.29 is 23.5 Å². The Hall–Kier alpha value is -2.76. The Morgan fingerprint density at radius 1 is 1.08 bits per heavy atom. The van der Waals surface area contributed by atoms with Crippen molar-refractivity contribution in [2.45, 2.75) is 25.3 Å². The number of carbonyl (C=O) groups excluding carboxylic acids is 1. The average Bonchev–Trinajstić information content (AvgIpc) is 2.88. The van der Waals surface area contributed by atoms with E-state index < -0.39 is 36.0 Å². The lowest BCUT2D eigenvalue weighted by Gasteiger charge is -2.25. The number of fused-ring (bicyclic) bond motifs is 1. The zero-order valence-corrected chi connectivity index (χ0v) is 12.7. The molecule has 124 valence electrons. The first-order chi connectivity index (χ1) is 11.5.